The van der Waals surface area contributed by atoms with Crippen LogP contribution in [0.4, 0.5) is 0 Å². The van der Waals surface area contributed by atoms with E-state index in [0.29, 0.717) is 18.9 Å². The first-order valence-corrected chi connectivity index (χ1v) is 4.35. The SMILES string of the molecule is CCOC(=O)[C@@H](CC(C)C)N=C=O. The van der Waals surface area contributed by atoms with Crippen LogP contribution < -0.4 is 0 Å². The van der Waals surface area contributed by atoms with Crippen LogP contribution in [0.1, 0.15) is 27.2 Å². The van der Waals surface area contributed by atoms with Crippen LogP contribution in [0, 0.1) is 5.92 Å². The highest BCUT2D eigenvalue weighted by molar-refractivity contribution is 5.76. The lowest BCUT2D eigenvalue weighted by Crippen LogP contribution is -2.23. The molecule has 0 aliphatic carbocycles. The van der Waals surface area contributed by atoms with E-state index in [9.17, 15) is 9.59 Å². The smallest absolute Gasteiger partial charge is 0.331 e. The summed E-state index contributed by atoms with van der Waals surface area (Å²) in [5, 5.41) is 0. The monoisotopic (exact) mass is 185 g/mol. The van der Waals surface area contributed by atoms with E-state index >= 15 is 0 Å². The molecule has 0 fully saturated rings. The van der Waals surface area contributed by atoms with E-state index in [2.05, 4.69) is 4.99 Å². The standard InChI is InChI=1S/C9H15NO3/c1-4-13-9(12)8(10-6-11)5-7(2)3/h7-8H,4-5H2,1-3H3/t8-/m1/s1. The van der Waals surface area contributed by atoms with Gasteiger partial charge in [-0.2, -0.15) is 4.99 Å². The normalized spacial score (nSPS) is 12.0. The maximum absolute atomic E-state index is 11.2. The van der Waals surface area contributed by atoms with Crippen LogP contribution in [0.15, 0.2) is 4.99 Å². The van der Waals surface area contributed by atoms with Crippen LogP contribution in [0.5, 0.6) is 0 Å². The predicted molar refractivity (Wildman–Crippen MR) is 48.0 cm³/mol. The molecule has 0 aliphatic rings. The van der Waals surface area contributed by atoms with Crippen molar-refractivity contribution in [3.05, 3.63) is 0 Å². The third kappa shape index (κ3) is 5.15. The van der Waals surface area contributed by atoms with Crippen molar-refractivity contribution in [2.45, 2.75) is 33.2 Å². The van der Waals surface area contributed by atoms with E-state index in [4.69, 9.17) is 4.74 Å². The zero-order valence-corrected chi connectivity index (χ0v) is 8.24. The molecule has 0 aliphatic heterocycles. The van der Waals surface area contributed by atoms with Gasteiger partial charge in [0, 0.05) is 0 Å². The van der Waals surface area contributed by atoms with Gasteiger partial charge in [0.2, 0.25) is 6.08 Å². The number of hydrogen-bond donors (Lipinski definition) is 0. The second-order valence-electron chi connectivity index (χ2n) is 3.12. The summed E-state index contributed by atoms with van der Waals surface area (Å²) in [6, 6.07) is -0.683. The van der Waals surface area contributed by atoms with E-state index in [-0.39, 0.29) is 0 Å². The van der Waals surface area contributed by atoms with Crippen LogP contribution in [-0.4, -0.2) is 24.7 Å². The van der Waals surface area contributed by atoms with Crippen molar-refractivity contribution in [2.24, 2.45) is 10.9 Å². The van der Waals surface area contributed by atoms with Gasteiger partial charge >= 0.3 is 5.97 Å². The number of esters is 1. The molecule has 74 valence electrons. The molecule has 0 rings (SSSR count). The van der Waals surface area contributed by atoms with E-state index in [1.54, 1.807) is 6.92 Å². The number of aliphatic imine (C=N–C) groups is 1. The van der Waals surface area contributed by atoms with Crippen LogP contribution in [0.2, 0.25) is 0 Å². The Balaban J connectivity index is 4.23. The van der Waals surface area contributed by atoms with Crippen LogP contribution in [0.3, 0.4) is 0 Å². The van der Waals surface area contributed by atoms with E-state index in [1.807, 2.05) is 13.8 Å². The fourth-order valence-corrected chi connectivity index (χ4v) is 0.950. The van der Waals surface area contributed by atoms with Crippen LogP contribution >= 0.6 is 0 Å². The maximum Gasteiger partial charge on any atom is 0.331 e. The lowest BCUT2D eigenvalue weighted by molar-refractivity contribution is -0.144. The summed E-state index contributed by atoms with van der Waals surface area (Å²) in [5.74, 6) is -0.147. The number of carbonyl (C=O) groups is 1. The molecule has 4 nitrogen and oxygen atoms in total. The van der Waals surface area contributed by atoms with Gasteiger partial charge in [0.1, 0.15) is 0 Å². The second kappa shape index (κ2) is 6.38. The Morgan fingerprint density at radius 1 is 1.54 bits per heavy atom. The third-order valence-corrected chi connectivity index (χ3v) is 1.46. The highest BCUT2D eigenvalue weighted by Gasteiger charge is 2.19. The number of ether oxygens (including phenoxy) is 1. The lowest BCUT2D eigenvalue weighted by Gasteiger charge is -2.11. The molecule has 0 saturated heterocycles. The molecule has 1 atom stereocenters. The number of nitrogens with zero attached hydrogens (tertiary/aromatic N) is 1. The first kappa shape index (κ1) is 11.8. The average molecular weight is 185 g/mol. The Labute approximate surface area is 78.0 Å². The molecule has 0 aromatic rings. The van der Waals surface area contributed by atoms with Gasteiger partial charge in [-0.3, -0.25) is 0 Å². The van der Waals surface area contributed by atoms with E-state index < -0.39 is 12.0 Å². The molecule has 13 heavy (non-hydrogen) atoms. The van der Waals surface area contributed by atoms with Crippen LogP contribution in [0.25, 0.3) is 0 Å². The van der Waals surface area contributed by atoms with Gasteiger partial charge in [-0.15, -0.1) is 0 Å². The third-order valence-electron chi connectivity index (χ3n) is 1.46. The molecule has 0 aromatic carbocycles. The molecule has 0 unspecified atom stereocenters. The first-order chi connectivity index (χ1) is 6.11. The van der Waals surface area contributed by atoms with Crippen molar-refractivity contribution in [3.8, 4) is 0 Å². The highest BCUT2D eigenvalue weighted by Crippen LogP contribution is 2.09. The Morgan fingerprint density at radius 3 is 2.54 bits per heavy atom. The van der Waals surface area contributed by atoms with E-state index in [1.165, 1.54) is 6.08 Å². The molecule has 0 amide bonds. The van der Waals surface area contributed by atoms with Gasteiger partial charge in [-0.25, -0.2) is 9.59 Å². The van der Waals surface area contributed by atoms with Crippen molar-refractivity contribution in [3.63, 3.8) is 0 Å². The molecule has 0 bridgehead atoms. The first-order valence-electron chi connectivity index (χ1n) is 4.35. The fourth-order valence-electron chi connectivity index (χ4n) is 0.950. The molecule has 0 N–H and O–H groups in total. The summed E-state index contributed by atoms with van der Waals surface area (Å²) in [6.45, 7) is 5.93. The van der Waals surface area contributed by atoms with Crippen molar-refractivity contribution in [1.82, 2.24) is 0 Å². The fraction of sp³-hybridized carbons (Fsp3) is 0.778. The van der Waals surface area contributed by atoms with Gasteiger partial charge in [-0.1, -0.05) is 13.8 Å². The average Bonchev–Trinajstić information content (AvgIpc) is 2.03. The molecule has 0 heterocycles. The van der Waals surface area contributed by atoms with Gasteiger partial charge in [0.15, 0.2) is 6.04 Å². The Hall–Kier alpha value is -1.15. The molecular weight excluding hydrogens is 170 g/mol. The number of carbonyl (C=O) groups excluding carboxylic acids is 2. The summed E-state index contributed by atoms with van der Waals surface area (Å²) in [7, 11) is 0. The molecule has 0 radical (unpaired) electrons. The largest absolute Gasteiger partial charge is 0.464 e. The quantitative estimate of drug-likeness (QED) is 0.368. The molecule has 0 aromatic heterocycles. The van der Waals surface area contributed by atoms with Gasteiger partial charge in [0.05, 0.1) is 6.61 Å². The van der Waals surface area contributed by atoms with Crippen molar-refractivity contribution >= 4 is 12.0 Å². The Kier molecular flexibility index (Phi) is 5.81. The van der Waals surface area contributed by atoms with Crippen molar-refractivity contribution in [1.29, 1.82) is 0 Å². The minimum absolute atomic E-state index is 0.298. The topological polar surface area (TPSA) is 55.7 Å². The second-order valence-corrected chi connectivity index (χ2v) is 3.12. The summed E-state index contributed by atoms with van der Waals surface area (Å²) in [6.07, 6.45) is 1.91. The summed E-state index contributed by atoms with van der Waals surface area (Å²) < 4.78 is 4.75. The summed E-state index contributed by atoms with van der Waals surface area (Å²) in [5.41, 5.74) is 0. The lowest BCUT2D eigenvalue weighted by atomic mass is 10.0. The van der Waals surface area contributed by atoms with Crippen molar-refractivity contribution < 1.29 is 14.3 Å². The summed E-state index contributed by atoms with van der Waals surface area (Å²) >= 11 is 0. The molecule has 4 heteroatoms. The number of hydrogen-bond acceptors (Lipinski definition) is 4. The Morgan fingerprint density at radius 2 is 2.15 bits per heavy atom. The minimum Gasteiger partial charge on any atom is -0.464 e. The molecule has 0 saturated carbocycles. The molecular formula is C9H15NO3. The number of isocyanates is 1. The van der Waals surface area contributed by atoms with Gasteiger partial charge < -0.3 is 4.74 Å². The highest BCUT2D eigenvalue weighted by atomic mass is 16.5. The van der Waals surface area contributed by atoms with Crippen molar-refractivity contribution in [2.75, 3.05) is 6.61 Å². The molecule has 0 spiro atoms. The summed E-state index contributed by atoms with van der Waals surface area (Å²) in [4.78, 5) is 24.6. The van der Waals surface area contributed by atoms with E-state index in [0.717, 1.165) is 0 Å². The zero-order chi connectivity index (χ0) is 10.3. The van der Waals surface area contributed by atoms with Crippen LogP contribution in [-0.2, 0) is 14.3 Å². The predicted octanol–water partition coefficient (Wildman–Crippen LogP) is 1.30. The van der Waals surface area contributed by atoms with Gasteiger partial charge in [-0.05, 0) is 19.3 Å². The Bertz CT molecular complexity index is 207. The minimum atomic E-state index is -0.683. The zero-order valence-electron chi connectivity index (χ0n) is 8.24. The number of rotatable bonds is 5. The maximum atomic E-state index is 11.2. The van der Waals surface area contributed by atoms with Gasteiger partial charge in [0.25, 0.3) is 0 Å².